The van der Waals surface area contributed by atoms with Gasteiger partial charge in [0.1, 0.15) is 5.69 Å². The van der Waals surface area contributed by atoms with Gasteiger partial charge in [0.25, 0.3) is 0 Å². The first-order chi connectivity index (χ1) is 8.86. The van der Waals surface area contributed by atoms with Gasteiger partial charge in [-0.15, -0.1) is 0 Å². The van der Waals surface area contributed by atoms with E-state index < -0.39 is 11.9 Å². The lowest BCUT2D eigenvalue weighted by atomic mass is 10.2. The van der Waals surface area contributed by atoms with Crippen LogP contribution in [0.3, 0.4) is 0 Å². The zero-order valence-corrected chi connectivity index (χ0v) is 10.2. The van der Waals surface area contributed by atoms with Gasteiger partial charge in [-0.3, -0.25) is 9.67 Å². The molecule has 0 aliphatic heterocycles. The average Bonchev–Trinajstić information content (AvgIpc) is 2.77. The van der Waals surface area contributed by atoms with Gasteiger partial charge in [0.05, 0.1) is 12.7 Å². The van der Waals surface area contributed by atoms with Crippen LogP contribution >= 0.6 is 0 Å². The van der Waals surface area contributed by atoms with Crippen LogP contribution < -0.4 is 5.73 Å². The topological polar surface area (TPSA) is 56.7 Å². The molecule has 0 fully saturated rings. The molecule has 0 aliphatic rings. The number of rotatable bonds is 3. The molecule has 0 aliphatic carbocycles. The Morgan fingerprint density at radius 2 is 2.05 bits per heavy atom. The maximum Gasteiger partial charge on any atom is 0.433 e. The van der Waals surface area contributed by atoms with Gasteiger partial charge in [-0.1, -0.05) is 6.07 Å². The predicted octanol–water partition coefficient (Wildman–Crippen LogP) is 2.36. The van der Waals surface area contributed by atoms with Crippen molar-refractivity contribution in [1.82, 2.24) is 14.8 Å². The number of halogens is 3. The van der Waals surface area contributed by atoms with E-state index in [1.54, 1.807) is 17.1 Å². The summed E-state index contributed by atoms with van der Waals surface area (Å²) in [5.74, 6) is 0. The van der Waals surface area contributed by atoms with Crippen LogP contribution in [0.4, 0.5) is 13.2 Å². The third kappa shape index (κ3) is 3.31. The molecule has 2 rings (SSSR count). The summed E-state index contributed by atoms with van der Waals surface area (Å²) >= 11 is 0. The first kappa shape index (κ1) is 13.5. The molecule has 0 amide bonds. The van der Waals surface area contributed by atoms with E-state index in [9.17, 15) is 13.2 Å². The van der Waals surface area contributed by atoms with Crippen molar-refractivity contribution in [2.45, 2.75) is 25.7 Å². The standard InChI is InChI=1S/C12H13F3N4/c1-8(16)10-5-18-19(7-10)6-9-2-3-11(17-4-9)12(13,14)15/h2-5,7-8H,6,16H2,1H3. The van der Waals surface area contributed by atoms with Gasteiger partial charge < -0.3 is 5.73 Å². The van der Waals surface area contributed by atoms with Crippen molar-refractivity contribution in [2.24, 2.45) is 5.73 Å². The van der Waals surface area contributed by atoms with Gasteiger partial charge >= 0.3 is 6.18 Å². The lowest BCUT2D eigenvalue weighted by Crippen LogP contribution is -2.08. The highest BCUT2D eigenvalue weighted by molar-refractivity contribution is 5.17. The van der Waals surface area contributed by atoms with Gasteiger partial charge in [-0.05, 0) is 18.6 Å². The molecule has 102 valence electrons. The van der Waals surface area contributed by atoms with Crippen LogP contribution in [0.2, 0.25) is 0 Å². The molecule has 7 heteroatoms. The number of aromatic nitrogens is 3. The van der Waals surface area contributed by atoms with E-state index in [1.165, 1.54) is 12.3 Å². The third-order valence-electron chi connectivity index (χ3n) is 2.64. The van der Waals surface area contributed by atoms with Crippen molar-refractivity contribution < 1.29 is 13.2 Å². The van der Waals surface area contributed by atoms with E-state index in [0.29, 0.717) is 12.1 Å². The van der Waals surface area contributed by atoms with Crippen molar-refractivity contribution in [3.63, 3.8) is 0 Å². The van der Waals surface area contributed by atoms with E-state index in [1.807, 2.05) is 6.92 Å². The molecule has 19 heavy (non-hydrogen) atoms. The predicted molar refractivity (Wildman–Crippen MR) is 63.2 cm³/mol. The maximum atomic E-state index is 12.3. The molecule has 1 atom stereocenters. The summed E-state index contributed by atoms with van der Waals surface area (Å²) in [6.07, 6.45) is 0.201. The van der Waals surface area contributed by atoms with Gasteiger partial charge in [0, 0.05) is 24.0 Å². The minimum Gasteiger partial charge on any atom is -0.324 e. The second-order valence-corrected chi connectivity index (χ2v) is 4.31. The van der Waals surface area contributed by atoms with Gasteiger partial charge in [-0.2, -0.15) is 18.3 Å². The maximum absolute atomic E-state index is 12.3. The monoisotopic (exact) mass is 270 g/mol. The molecule has 0 spiro atoms. The molecule has 0 aromatic carbocycles. The summed E-state index contributed by atoms with van der Waals surface area (Å²) in [5, 5.41) is 4.09. The molecule has 2 N–H and O–H groups in total. The summed E-state index contributed by atoms with van der Waals surface area (Å²) < 4.78 is 38.6. The molecular weight excluding hydrogens is 257 g/mol. The quantitative estimate of drug-likeness (QED) is 0.931. The Morgan fingerprint density at radius 3 is 2.53 bits per heavy atom. The smallest absolute Gasteiger partial charge is 0.324 e. The fourth-order valence-electron chi connectivity index (χ4n) is 1.57. The van der Waals surface area contributed by atoms with Crippen LogP contribution in [0.5, 0.6) is 0 Å². The largest absolute Gasteiger partial charge is 0.433 e. The Kier molecular flexibility index (Phi) is 3.57. The van der Waals surface area contributed by atoms with Crippen molar-refractivity contribution in [3.05, 3.63) is 47.5 Å². The zero-order valence-electron chi connectivity index (χ0n) is 10.2. The third-order valence-corrected chi connectivity index (χ3v) is 2.64. The Labute approximate surface area is 108 Å². The Hall–Kier alpha value is -1.89. The van der Waals surface area contributed by atoms with Gasteiger partial charge in [0.15, 0.2) is 0 Å². The van der Waals surface area contributed by atoms with E-state index in [0.717, 1.165) is 11.6 Å². The molecule has 0 bridgehead atoms. The molecule has 0 saturated carbocycles. The van der Waals surface area contributed by atoms with Crippen LogP contribution in [0.25, 0.3) is 0 Å². The number of pyridine rings is 1. The van der Waals surface area contributed by atoms with Crippen molar-refractivity contribution in [1.29, 1.82) is 0 Å². The summed E-state index contributed by atoms with van der Waals surface area (Å²) in [7, 11) is 0. The summed E-state index contributed by atoms with van der Waals surface area (Å²) in [4.78, 5) is 3.40. The summed E-state index contributed by atoms with van der Waals surface area (Å²) in [6, 6.07) is 2.23. The van der Waals surface area contributed by atoms with Gasteiger partial charge in [0.2, 0.25) is 0 Å². The fourth-order valence-corrected chi connectivity index (χ4v) is 1.57. The average molecular weight is 270 g/mol. The van der Waals surface area contributed by atoms with Crippen LogP contribution in [0.1, 0.15) is 29.8 Å². The van der Waals surface area contributed by atoms with E-state index in [-0.39, 0.29) is 6.04 Å². The van der Waals surface area contributed by atoms with Crippen molar-refractivity contribution in [3.8, 4) is 0 Å². The molecule has 2 aromatic rings. The van der Waals surface area contributed by atoms with E-state index in [4.69, 9.17) is 5.73 Å². The van der Waals surface area contributed by atoms with Crippen LogP contribution in [0, 0.1) is 0 Å². The van der Waals surface area contributed by atoms with Crippen LogP contribution in [-0.2, 0) is 12.7 Å². The minimum atomic E-state index is -4.41. The van der Waals surface area contributed by atoms with E-state index in [2.05, 4.69) is 10.1 Å². The second kappa shape index (κ2) is 5.00. The van der Waals surface area contributed by atoms with Gasteiger partial charge in [-0.25, -0.2) is 0 Å². The van der Waals surface area contributed by atoms with Crippen molar-refractivity contribution >= 4 is 0 Å². The van der Waals surface area contributed by atoms with Crippen molar-refractivity contribution in [2.75, 3.05) is 0 Å². The number of alkyl halides is 3. The lowest BCUT2D eigenvalue weighted by molar-refractivity contribution is -0.141. The van der Waals surface area contributed by atoms with E-state index >= 15 is 0 Å². The molecule has 2 heterocycles. The Balaban J connectivity index is 2.11. The van der Waals surface area contributed by atoms with Crippen LogP contribution in [0.15, 0.2) is 30.7 Å². The molecule has 1 unspecified atom stereocenters. The highest BCUT2D eigenvalue weighted by Gasteiger charge is 2.31. The second-order valence-electron chi connectivity index (χ2n) is 4.31. The Morgan fingerprint density at radius 1 is 1.32 bits per heavy atom. The summed E-state index contributed by atoms with van der Waals surface area (Å²) in [6.45, 7) is 2.19. The molecular formula is C12H13F3N4. The minimum absolute atomic E-state index is 0.125. The first-order valence-electron chi connectivity index (χ1n) is 5.66. The molecule has 0 radical (unpaired) electrons. The number of nitrogens with two attached hydrogens (primary N) is 1. The number of hydrogen-bond donors (Lipinski definition) is 1. The Bertz CT molecular complexity index is 543. The molecule has 0 saturated heterocycles. The van der Waals surface area contributed by atoms with Crippen LogP contribution in [-0.4, -0.2) is 14.8 Å². The SMILES string of the molecule is CC(N)c1cnn(Cc2ccc(C(F)(F)F)nc2)c1. The normalized spacial score (nSPS) is 13.5. The highest BCUT2D eigenvalue weighted by atomic mass is 19.4. The number of hydrogen-bond acceptors (Lipinski definition) is 3. The molecule has 4 nitrogen and oxygen atoms in total. The zero-order chi connectivity index (χ0) is 14.0. The first-order valence-corrected chi connectivity index (χ1v) is 5.66. The summed E-state index contributed by atoms with van der Waals surface area (Å²) in [5.41, 5.74) is 6.32. The number of nitrogens with zero attached hydrogens (tertiary/aromatic N) is 3. The molecule has 2 aromatic heterocycles. The highest BCUT2D eigenvalue weighted by Crippen LogP contribution is 2.27. The fraction of sp³-hybridized carbons (Fsp3) is 0.333. The lowest BCUT2D eigenvalue weighted by Gasteiger charge is -2.06.